The van der Waals surface area contributed by atoms with Gasteiger partial charge in [0.25, 0.3) is 0 Å². The van der Waals surface area contributed by atoms with Gasteiger partial charge in [0.05, 0.1) is 11.4 Å². The molecule has 110 valence electrons. The first-order chi connectivity index (χ1) is 10.1. The van der Waals surface area contributed by atoms with E-state index in [1.54, 1.807) is 7.05 Å². The number of nitrogens with zero attached hydrogens (tertiary/aromatic N) is 1. The summed E-state index contributed by atoms with van der Waals surface area (Å²) in [4.78, 5) is 0. The second kappa shape index (κ2) is 5.38. The van der Waals surface area contributed by atoms with Crippen molar-refractivity contribution in [3.05, 3.63) is 59.7 Å². The minimum Gasteiger partial charge on any atom is -0.379 e. The summed E-state index contributed by atoms with van der Waals surface area (Å²) in [6.07, 6.45) is 0. The number of nitrogens with one attached hydrogen (secondary N) is 2. The molecule has 0 saturated carbocycles. The van der Waals surface area contributed by atoms with Crippen LogP contribution in [0.4, 0.5) is 11.4 Å². The highest BCUT2D eigenvalue weighted by Crippen LogP contribution is 2.32. The third-order valence-electron chi connectivity index (χ3n) is 3.51. The average molecular weight is 303 g/mol. The van der Waals surface area contributed by atoms with Crippen LogP contribution in [0.5, 0.6) is 0 Å². The summed E-state index contributed by atoms with van der Waals surface area (Å²) < 4.78 is 27.8. The predicted octanol–water partition coefficient (Wildman–Crippen LogP) is 2.40. The molecule has 0 amide bonds. The van der Waals surface area contributed by atoms with Crippen molar-refractivity contribution in [2.75, 3.05) is 17.1 Å². The van der Waals surface area contributed by atoms with Crippen LogP contribution in [0.2, 0.25) is 0 Å². The fourth-order valence-electron chi connectivity index (χ4n) is 2.32. The van der Waals surface area contributed by atoms with Crippen molar-refractivity contribution in [2.24, 2.45) is 0 Å². The number of anilines is 2. The lowest BCUT2D eigenvalue weighted by atomic mass is 10.1. The smallest absolute Gasteiger partial charge is 0.301 e. The number of hydrogen-bond acceptors (Lipinski definition) is 3. The maximum Gasteiger partial charge on any atom is 0.301 e. The summed E-state index contributed by atoms with van der Waals surface area (Å²) in [7, 11) is -1.87. The molecule has 0 radical (unpaired) electrons. The molecule has 0 bridgehead atoms. The van der Waals surface area contributed by atoms with Gasteiger partial charge in [-0.3, -0.25) is 4.72 Å². The molecule has 6 heteroatoms. The van der Waals surface area contributed by atoms with Crippen LogP contribution in [0.1, 0.15) is 11.1 Å². The average Bonchev–Trinajstić information content (AvgIpc) is 2.47. The molecule has 3 rings (SSSR count). The standard InChI is InChI=1S/C15H17N3O2S/c1-18-11-13-8-5-9-14(15(13)17-21(18,19)20)16-10-12-6-3-2-4-7-12/h2-9,16-17H,10-11H2,1H3. The van der Waals surface area contributed by atoms with Gasteiger partial charge < -0.3 is 5.32 Å². The molecule has 0 unspecified atom stereocenters. The number of rotatable bonds is 3. The molecule has 1 aliphatic rings. The predicted molar refractivity (Wildman–Crippen MR) is 84.2 cm³/mol. The van der Waals surface area contributed by atoms with E-state index < -0.39 is 10.2 Å². The Balaban J connectivity index is 1.86. The molecule has 2 N–H and O–H groups in total. The summed E-state index contributed by atoms with van der Waals surface area (Å²) in [6.45, 7) is 1.03. The van der Waals surface area contributed by atoms with E-state index >= 15 is 0 Å². The Labute approximate surface area is 124 Å². The zero-order valence-corrected chi connectivity index (χ0v) is 12.5. The Morgan fingerprint density at radius 1 is 1.14 bits per heavy atom. The van der Waals surface area contributed by atoms with E-state index in [0.717, 1.165) is 16.8 Å². The topological polar surface area (TPSA) is 61.4 Å². The maximum absolute atomic E-state index is 12.0. The highest BCUT2D eigenvalue weighted by atomic mass is 32.2. The van der Waals surface area contributed by atoms with Crippen LogP contribution in [0.25, 0.3) is 0 Å². The first kappa shape index (κ1) is 13.9. The Bertz CT molecular complexity index is 745. The van der Waals surface area contributed by atoms with Gasteiger partial charge in [0.2, 0.25) is 0 Å². The van der Waals surface area contributed by atoms with Crippen LogP contribution in [0.15, 0.2) is 48.5 Å². The van der Waals surface area contributed by atoms with Gasteiger partial charge >= 0.3 is 10.2 Å². The summed E-state index contributed by atoms with van der Waals surface area (Å²) in [5.41, 5.74) is 3.55. The zero-order valence-electron chi connectivity index (χ0n) is 11.7. The van der Waals surface area contributed by atoms with Gasteiger partial charge in [-0.25, -0.2) is 0 Å². The van der Waals surface area contributed by atoms with Crippen molar-refractivity contribution < 1.29 is 8.42 Å². The molecular formula is C15H17N3O2S. The van der Waals surface area contributed by atoms with Crippen LogP contribution < -0.4 is 10.0 Å². The Morgan fingerprint density at radius 3 is 2.67 bits per heavy atom. The van der Waals surface area contributed by atoms with E-state index in [-0.39, 0.29) is 0 Å². The fraction of sp³-hybridized carbons (Fsp3) is 0.200. The molecule has 0 aliphatic carbocycles. The quantitative estimate of drug-likeness (QED) is 0.915. The third kappa shape index (κ3) is 2.86. The molecular weight excluding hydrogens is 286 g/mol. The van der Waals surface area contributed by atoms with Crippen molar-refractivity contribution >= 4 is 21.6 Å². The molecule has 0 aromatic heterocycles. The Hall–Kier alpha value is -2.05. The molecule has 21 heavy (non-hydrogen) atoms. The molecule has 0 fully saturated rings. The van der Waals surface area contributed by atoms with Crippen LogP contribution >= 0.6 is 0 Å². The summed E-state index contributed by atoms with van der Waals surface area (Å²) in [5.74, 6) is 0. The van der Waals surface area contributed by atoms with Crippen LogP contribution in [0.3, 0.4) is 0 Å². The third-order valence-corrected chi connectivity index (χ3v) is 4.92. The highest BCUT2D eigenvalue weighted by Gasteiger charge is 2.27. The minimum absolute atomic E-state index is 0.380. The van der Waals surface area contributed by atoms with Crippen LogP contribution in [0, 0.1) is 0 Å². The number of para-hydroxylation sites is 1. The van der Waals surface area contributed by atoms with Crippen molar-refractivity contribution in [3.8, 4) is 0 Å². The number of hydrogen-bond donors (Lipinski definition) is 2. The normalized spacial score (nSPS) is 16.8. The van der Waals surface area contributed by atoms with Gasteiger partial charge in [-0.15, -0.1) is 0 Å². The minimum atomic E-state index is -3.44. The zero-order chi connectivity index (χ0) is 14.9. The van der Waals surface area contributed by atoms with Crippen molar-refractivity contribution in [3.63, 3.8) is 0 Å². The maximum atomic E-state index is 12.0. The summed E-state index contributed by atoms with van der Waals surface area (Å²) in [6, 6.07) is 15.7. The largest absolute Gasteiger partial charge is 0.379 e. The molecule has 1 heterocycles. The van der Waals surface area contributed by atoms with E-state index in [2.05, 4.69) is 10.0 Å². The van der Waals surface area contributed by atoms with Crippen LogP contribution in [-0.4, -0.2) is 19.8 Å². The van der Waals surface area contributed by atoms with E-state index in [9.17, 15) is 8.42 Å². The van der Waals surface area contributed by atoms with Gasteiger partial charge in [-0.2, -0.15) is 12.7 Å². The van der Waals surface area contributed by atoms with Gasteiger partial charge in [0, 0.05) is 20.1 Å². The van der Waals surface area contributed by atoms with Crippen molar-refractivity contribution in [2.45, 2.75) is 13.1 Å². The van der Waals surface area contributed by atoms with E-state index in [4.69, 9.17) is 0 Å². The molecule has 1 aliphatic heterocycles. The molecule has 0 spiro atoms. The van der Waals surface area contributed by atoms with Crippen LogP contribution in [-0.2, 0) is 23.3 Å². The van der Waals surface area contributed by atoms with E-state index in [1.165, 1.54) is 4.31 Å². The Morgan fingerprint density at radius 2 is 1.90 bits per heavy atom. The lowest BCUT2D eigenvalue weighted by Crippen LogP contribution is -2.36. The molecule has 5 nitrogen and oxygen atoms in total. The second-order valence-electron chi connectivity index (χ2n) is 5.04. The first-order valence-corrected chi connectivity index (χ1v) is 8.14. The fourth-order valence-corrected chi connectivity index (χ4v) is 3.29. The van der Waals surface area contributed by atoms with E-state index in [0.29, 0.717) is 18.8 Å². The number of benzene rings is 2. The molecule has 0 saturated heterocycles. The second-order valence-corrected chi connectivity index (χ2v) is 6.82. The van der Waals surface area contributed by atoms with Gasteiger partial charge in [-0.1, -0.05) is 42.5 Å². The van der Waals surface area contributed by atoms with Gasteiger partial charge in [0.1, 0.15) is 0 Å². The first-order valence-electron chi connectivity index (χ1n) is 6.70. The highest BCUT2D eigenvalue weighted by molar-refractivity contribution is 7.90. The van der Waals surface area contributed by atoms with Gasteiger partial charge in [0.15, 0.2) is 0 Å². The lowest BCUT2D eigenvalue weighted by Gasteiger charge is -2.28. The molecule has 0 atom stereocenters. The monoisotopic (exact) mass is 303 g/mol. The summed E-state index contributed by atoms with van der Waals surface area (Å²) in [5, 5.41) is 3.30. The van der Waals surface area contributed by atoms with Gasteiger partial charge in [-0.05, 0) is 17.2 Å². The summed E-state index contributed by atoms with van der Waals surface area (Å²) >= 11 is 0. The number of fused-ring (bicyclic) bond motifs is 1. The van der Waals surface area contributed by atoms with E-state index in [1.807, 2.05) is 48.5 Å². The van der Waals surface area contributed by atoms with Crippen molar-refractivity contribution in [1.29, 1.82) is 0 Å². The SMILES string of the molecule is CN1Cc2cccc(NCc3ccccc3)c2NS1(=O)=O. The van der Waals surface area contributed by atoms with Crippen molar-refractivity contribution in [1.82, 2.24) is 4.31 Å². The molecule has 2 aromatic rings. The Kier molecular flexibility index (Phi) is 3.57. The lowest BCUT2D eigenvalue weighted by molar-refractivity contribution is 0.466. The molecule has 2 aromatic carbocycles.